The predicted molar refractivity (Wildman–Crippen MR) is 44.1 cm³/mol. The monoisotopic (exact) mass is 160 g/mol. The molecule has 1 saturated heterocycles. The number of piperidine rings is 1. The quantitative estimate of drug-likeness (QED) is 0.588. The van der Waals surface area contributed by atoms with E-state index in [4.69, 9.17) is 0 Å². The maximum atomic E-state index is 13.0. The first-order valence-corrected chi connectivity index (χ1v) is 4.58. The lowest BCUT2D eigenvalue weighted by atomic mass is 9.82. The van der Waals surface area contributed by atoms with Crippen LogP contribution in [0.1, 0.15) is 27.2 Å². The van der Waals surface area contributed by atoms with E-state index in [-0.39, 0.29) is 0 Å². The molecule has 0 aromatic heterocycles. The van der Waals surface area contributed by atoms with Gasteiger partial charge in [0.05, 0.1) is 12.6 Å². The van der Waals surface area contributed by atoms with Gasteiger partial charge in [0, 0.05) is 18.3 Å². The van der Waals surface area contributed by atoms with Crippen LogP contribution in [0.15, 0.2) is 0 Å². The summed E-state index contributed by atoms with van der Waals surface area (Å²) in [5.41, 5.74) is 0. The van der Waals surface area contributed by atoms with Crippen molar-refractivity contribution in [3.8, 4) is 0 Å². The number of hydrogen-bond donors (Lipinski definition) is 1. The van der Waals surface area contributed by atoms with Crippen molar-refractivity contribution in [1.29, 1.82) is 0 Å². The minimum atomic E-state index is -0.624. The fraction of sp³-hybridized carbons (Fsp3) is 1.00. The topological polar surface area (TPSA) is 16.6 Å². The third-order valence-corrected chi connectivity index (χ3v) is 2.88. The highest BCUT2D eigenvalue weighted by Gasteiger charge is 2.31. The highest BCUT2D eigenvalue weighted by molar-refractivity contribution is 4.75. The normalized spacial score (nSPS) is 42.0. The lowest BCUT2D eigenvalue weighted by molar-refractivity contribution is -0.703. The van der Waals surface area contributed by atoms with Gasteiger partial charge in [-0.3, -0.25) is 0 Å². The summed E-state index contributed by atoms with van der Waals surface area (Å²) in [4.78, 5) is 0. The van der Waals surface area contributed by atoms with Gasteiger partial charge in [-0.2, -0.15) is 0 Å². The second-order valence-corrected chi connectivity index (χ2v) is 4.00. The Balaban J connectivity index is 2.47. The summed E-state index contributed by atoms with van der Waals surface area (Å²) in [6.07, 6.45) is 0.417. The zero-order valence-electron chi connectivity index (χ0n) is 7.68. The van der Waals surface area contributed by atoms with Crippen LogP contribution in [0.5, 0.6) is 0 Å². The summed E-state index contributed by atoms with van der Waals surface area (Å²) in [6, 6.07) is 0.620. The van der Waals surface area contributed by atoms with E-state index in [9.17, 15) is 4.39 Å². The molecule has 0 aromatic carbocycles. The summed E-state index contributed by atoms with van der Waals surface area (Å²) in [5.74, 6) is 0.848. The second-order valence-electron chi connectivity index (χ2n) is 4.00. The van der Waals surface area contributed by atoms with E-state index in [1.807, 2.05) is 0 Å². The van der Waals surface area contributed by atoms with Gasteiger partial charge in [-0.05, 0) is 13.8 Å². The third kappa shape index (κ3) is 2.16. The molecule has 0 radical (unpaired) electrons. The molecule has 1 fully saturated rings. The van der Waals surface area contributed by atoms with Gasteiger partial charge in [-0.1, -0.05) is 6.92 Å². The summed E-state index contributed by atoms with van der Waals surface area (Å²) in [6.45, 7) is 7.13. The van der Waals surface area contributed by atoms with Crippen LogP contribution >= 0.6 is 0 Å². The maximum Gasteiger partial charge on any atom is 0.101 e. The molecule has 1 aliphatic heterocycles. The van der Waals surface area contributed by atoms with Gasteiger partial charge < -0.3 is 5.32 Å². The molecule has 11 heavy (non-hydrogen) atoms. The van der Waals surface area contributed by atoms with E-state index in [0.717, 1.165) is 13.0 Å². The molecule has 2 heteroatoms. The number of rotatable bonds is 1. The van der Waals surface area contributed by atoms with Crippen LogP contribution in [0, 0.1) is 11.8 Å². The van der Waals surface area contributed by atoms with Gasteiger partial charge in [-0.25, -0.2) is 4.39 Å². The molecular formula is C9H19FN+. The molecule has 0 aliphatic carbocycles. The molecule has 0 bridgehead atoms. The molecule has 4 unspecified atom stereocenters. The van der Waals surface area contributed by atoms with Gasteiger partial charge in [0.2, 0.25) is 0 Å². The third-order valence-electron chi connectivity index (χ3n) is 2.88. The zero-order chi connectivity index (χ0) is 8.43. The predicted octanol–water partition coefficient (Wildman–Crippen LogP) is 0.952. The fourth-order valence-corrected chi connectivity index (χ4v) is 2.02. The van der Waals surface area contributed by atoms with E-state index < -0.39 is 6.17 Å². The summed E-state index contributed by atoms with van der Waals surface area (Å²) in [5, 5.41) is 2.32. The minimum Gasteiger partial charge on any atom is -0.344 e. The Hall–Kier alpha value is -0.110. The molecule has 0 saturated carbocycles. The summed E-state index contributed by atoms with van der Waals surface area (Å²) in [7, 11) is 0. The first kappa shape index (κ1) is 8.98. The van der Waals surface area contributed by atoms with Crippen molar-refractivity contribution in [3.63, 3.8) is 0 Å². The number of halogens is 1. The van der Waals surface area contributed by atoms with Gasteiger partial charge in [0.1, 0.15) is 6.17 Å². The van der Waals surface area contributed by atoms with E-state index in [1.54, 1.807) is 6.92 Å². The largest absolute Gasteiger partial charge is 0.344 e. The van der Waals surface area contributed by atoms with E-state index in [0.29, 0.717) is 17.9 Å². The van der Waals surface area contributed by atoms with Gasteiger partial charge in [0.25, 0.3) is 0 Å². The van der Waals surface area contributed by atoms with Gasteiger partial charge in [0.15, 0.2) is 0 Å². The molecule has 0 amide bonds. The highest BCUT2D eigenvalue weighted by atomic mass is 19.1. The lowest BCUT2D eigenvalue weighted by Gasteiger charge is -2.31. The van der Waals surface area contributed by atoms with Crippen LogP contribution in [0.4, 0.5) is 4.39 Å². The molecule has 0 spiro atoms. The van der Waals surface area contributed by atoms with E-state index >= 15 is 0 Å². The van der Waals surface area contributed by atoms with Crippen LogP contribution in [-0.2, 0) is 0 Å². The Morgan fingerprint density at radius 1 is 1.45 bits per heavy atom. The average molecular weight is 160 g/mol. The molecular weight excluding hydrogens is 141 g/mol. The van der Waals surface area contributed by atoms with Crippen LogP contribution < -0.4 is 5.32 Å². The van der Waals surface area contributed by atoms with Crippen molar-refractivity contribution in [2.24, 2.45) is 11.8 Å². The SMILES string of the molecule is CC1CC(C(C)F)C(C)C[NH2+]1. The smallest absolute Gasteiger partial charge is 0.101 e. The Labute approximate surface area is 68.4 Å². The lowest BCUT2D eigenvalue weighted by Crippen LogP contribution is -2.92. The van der Waals surface area contributed by atoms with E-state index in [2.05, 4.69) is 19.2 Å². The van der Waals surface area contributed by atoms with Crippen LogP contribution in [-0.4, -0.2) is 18.8 Å². The van der Waals surface area contributed by atoms with Crippen LogP contribution in [0.3, 0.4) is 0 Å². The molecule has 1 rings (SSSR count). The molecule has 2 N–H and O–H groups in total. The number of quaternary nitrogens is 1. The summed E-state index contributed by atoms with van der Waals surface area (Å²) < 4.78 is 13.0. The molecule has 1 aliphatic rings. The number of hydrogen-bond acceptors (Lipinski definition) is 0. The van der Waals surface area contributed by atoms with Gasteiger partial charge in [-0.15, -0.1) is 0 Å². The summed E-state index contributed by atoms with van der Waals surface area (Å²) >= 11 is 0. The van der Waals surface area contributed by atoms with Gasteiger partial charge >= 0.3 is 0 Å². The zero-order valence-corrected chi connectivity index (χ0v) is 7.68. The Morgan fingerprint density at radius 3 is 2.55 bits per heavy atom. The molecule has 66 valence electrons. The van der Waals surface area contributed by atoms with Crippen molar-refractivity contribution in [2.45, 2.75) is 39.4 Å². The number of alkyl halides is 1. The van der Waals surface area contributed by atoms with Crippen molar-refractivity contribution >= 4 is 0 Å². The number of nitrogens with two attached hydrogens (primary N) is 1. The molecule has 0 aromatic rings. The standard InChI is InChI=1S/C9H18FN/c1-6-5-11-7(2)4-9(6)8(3)10/h6-9,11H,4-5H2,1-3H3/p+1. The highest BCUT2D eigenvalue weighted by Crippen LogP contribution is 2.24. The first-order valence-electron chi connectivity index (χ1n) is 4.58. The van der Waals surface area contributed by atoms with Crippen molar-refractivity contribution in [3.05, 3.63) is 0 Å². The Bertz CT molecular complexity index is 125. The van der Waals surface area contributed by atoms with Crippen LogP contribution in [0.2, 0.25) is 0 Å². The Kier molecular flexibility index (Phi) is 2.88. The second kappa shape index (κ2) is 3.53. The first-order chi connectivity index (χ1) is 5.11. The van der Waals surface area contributed by atoms with Crippen molar-refractivity contribution < 1.29 is 9.71 Å². The Morgan fingerprint density at radius 2 is 2.09 bits per heavy atom. The maximum absolute atomic E-state index is 13.0. The average Bonchev–Trinajstić information content (AvgIpc) is 1.94. The minimum absolute atomic E-state index is 0.301. The van der Waals surface area contributed by atoms with E-state index in [1.165, 1.54) is 0 Å². The fourth-order valence-electron chi connectivity index (χ4n) is 2.02. The van der Waals surface area contributed by atoms with Crippen molar-refractivity contribution in [2.75, 3.05) is 6.54 Å². The molecule has 1 heterocycles. The molecule has 4 atom stereocenters. The van der Waals surface area contributed by atoms with Crippen molar-refractivity contribution in [1.82, 2.24) is 0 Å². The molecule has 1 nitrogen and oxygen atoms in total. The van der Waals surface area contributed by atoms with Crippen LogP contribution in [0.25, 0.3) is 0 Å².